The van der Waals surface area contributed by atoms with E-state index in [2.05, 4.69) is 21.3 Å². The van der Waals surface area contributed by atoms with Crippen LogP contribution in [0.4, 0.5) is 56.9 Å². The summed E-state index contributed by atoms with van der Waals surface area (Å²) in [6, 6.07) is 36.0. The van der Waals surface area contributed by atoms with Crippen molar-refractivity contribution in [2.24, 2.45) is 0 Å². The van der Waals surface area contributed by atoms with Gasteiger partial charge in [-0.1, -0.05) is 0 Å². The standard InChI is InChI=1S/C30H24N6O4/c37-35(38)29-17-13-27(14-18-29)33-25-9-5-23(6-10-25)31-21-1-2-22(4-3-21)32-24-7-11-26(12-8-24)34-28-15-19-30(20-16-28)36(39)40/h1-20,31-34H. The molecule has 0 spiro atoms. The molecule has 0 bridgehead atoms. The molecule has 4 N–H and O–H groups in total. The number of hydrogen-bond donors (Lipinski definition) is 4. The Morgan fingerprint density at radius 3 is 0.625 bits per heavy atom. The van der Waals surface area contributed by atoms with Crippen molar-refractivity contribution in [3.8, 4) is 0 Å². The number of rotatable bonds is 10. The van der Waals surface area contributed by atoms with Gasteiger partial charge in [-0.15, -0.1) is 0 Å². The van der Waals surface area contributed by atoms with Crippen LogP contribution < -0.4 is 21.3 Å². The normalized spacial score (nSPS) is 10.4. The molecule has 0 amide bonds. The summed E-state index contributed by atoms with van der Waals surface area (Å²) in [5.41, 5.74) is 7.10. The Labute approximate surface area is 229 Å². The average Bonchev–Trinajstić information content (AvgIpc) is 2.97. The van der Waals surface area contributed by atoms with Crippen LogP contribution in [-0.2, 0) is 0 Å². The molecule has 0 saturated carbocycles. The van der Waals surface area contributed by atoms with Crippen molar-refractivity contribution < 1.29 is 9.85 Å². The van der Waals surface area contributed by atoms with E-state index < -0.39 is 9.85 Å². The third kappa shape index (κ3) is 6.69. The van der Waals surface area contributed by atoms with E-state index in [4.69, 9.17) is 0 Å². The van der Waals surface area contributed by atoms with Gasteiger partial charge in [-0.05, 0) is 97.1 Å². The number of non-ortho nitro benzene ring substituents is 2. The Hall–Kier alpha value is -5.90. The summed E-state index contributed by atoms with van der Waals surface area (Å²) >= 11 is 0. The minimum atomic E-state index is -0.421. The summed E-state index contributed by atoms with van der Waals surface area (Å²) < 4.78 is 0. The van der Waals surface area contributed by atoms with Crippen molar-refractivity contribution in [2.45, 2.75) is 0 Å². The molecule has 0 aliphatic heterocycles. The molecule has 40 heavy (non-hydrogen) atoms. The minimum absolute atomic E-state index is 0.0540. The molecule has 5 aromatic carbocycles. The summed E-state index contributed by atoms with van der Waals surface area (Å²) in [4.78, 5) is 20.8. The van der Waals surface area contributed by atoms with Crippen molar-refractivity contribution in [3.05, 3.63) is 142 Å². The minimum Gasteiger partial charge on any atom is -0.356 e. The van der Waals surface area contributed by atoms with E-state index >= 15 is 0 Å². The van der Waals surface area contributed by atoms with Crippen LogP contribution in [0, 0.1) is 20.2 Å². The third-order valence-electron chi connectivity index (χ3n) is 5.97. The summed E-state index contributed by atoms with van der Waals surface area (Å²) in [5.74, 6) is 0. The first kappa shape index (κ1) is 25.7. The molecule has 0 saturated heterocycles. The molecule has 198 valence electrons. The van der Waals surface area contributed by atoms with Crippen molar-refractivity contribution >= 4 is 56.9 Å². The molecule has 10 heteroatoms. The highest BCUT2D eigenvalue weighted by molar-refractivity contribution is 5.70. The van der Waals surface area contributed by atoms with Crippen molar-refractivity contribution in [3.63, 3.8) is 0 Å². The maximum atomic E-state index is 10.8. The number of nitrogens with zero attached hydrogens (tertiary/aromatic N) is 2. The highest BCUT2D eigenvalue weighted by Gasteiger charge is 2.06. The lowest BCUT2D eigenvalue weighted by atomic mass is 10.2. The largest absolute Gasteiger partial charge is 0.356 e. The fourth-order valence-electron chi connectivity index (χ4n) is 3.91. The zero-order valence-electron chi connectivity index (χ0n) is 21.1. The SMILES string of the molecule is O=[N+]([O-])c1ccc(Nc2ccc(Nc3ccc(Nc4ccc(Nc5ccc([N+](=O)[O-])cc5)cc4)cc3)cc2)cc1. The van der Waals surface area contributed by atoms with Gasteiger partial charge in [-0.3, -0.25) is 20.2 Å². The summed E-state index contributed by atoms with van der Waals surface area (Å²) in [7, 11) is 0. The molecule has 5 aromatic rings. The second-order valence-corrected chi connectivity index (χ2v) is 8.84. The molecular weight excluding hydrogens is 508 g/mol. The van der Waals surface area contributed by atoms with Gasteiger partial charge in [0.1, 0.15) is 0 Å². The Bertz CT molecular complexity index is 1480. The quantitative estimate of drug-likeness (QED) is 0.104. The van der Waals surface area contributed by atoms with E-state index in [0.29, 0.717) is 0 Å². The maximum Gasteiger partial charge on any atom is 0.269 e. The monoisotopic (exact) mass is 532 g/mol. The van der Waals surface area contributed by atoms with Crippen LogP contribution in [0.3, 0.4) is 0 Å². The van der Waals surface area contributed by atoms with Crippen LogP contribution in [0.25, 0.3) is 0 Å². The molecule has 0 aliphatic carbocycles. The van der Waals surface area contributed by atoms with Crippen molar-refractivity contribution in [1.82, 2.24) is 0 Å². The van der Waals surface area contributed by atoms with Crippen LogP contribution in [0.5, 0.6) is 0 Å². The molecule has 5 rings (SSSR count). The van der Waals surface area contributed by atoms with Crippen LogP contribution in [-0.4, -0.2) is 9.85 Å². The molecule has 0 radical (unpaired) electrons. The summed E-state index contributed by atoms with van der Waals surface area (Å²) in [5, 5.41) is 34.8. The second kappa shape index (κ2) is 11.7. The Morgan fingerprint density at radius 1 is 0.325 bits per heavy atom. The van der Waals surface area contributed by atoms with E-state index in [0.717, 1.165) is 45.5 Å². The summed E-state index contributed by atoms with van der Waals surface area (Å²) in [6.07, 6.45) is 0. The van der Waals surface area contributed by atoms with E-state index in [1.165, 1.54) is 24.3 Å². The molecule has 0 unspecified atom stereocenters. The van der Waals surface area contributed by atoms with Crippen LogP contribution in [0.1, 0.15) is 0 Å². The lowest BCUT2D eigenvalue weighted by Gasteiger charge is -2.12. The number of nitro groups is 2. The Morgan fingerprint density at radius 2 is 0.475 bits per heavy atom. The predicted octanol–water partition coefficient (Wildman–Crippen LogP) is 8.48. The fraction of sp³-hybridized carbons (Fsp3) is 0. The maximum absolute atomic E-state index is 10.8. The van der Waals surface area contributed by atoms with E-state index in [9.17, 15) is 20.2 Å². The highest BCUT2D eigenvalue weighted by atomic mass is 16.6. The molecule has 0 atom stereocenters. The number of hydrogen-bond acceptors (Lipinski definition) is 8. The number of nitrogens with one attached hydrogen (secondary N) is 4. The zero-order valence-corrected chi connectivity index (χ0v) is 21.1. The molecule has 0 heterocycles. The molecule has 10 nitrogen and oxygen atoms in total. The van der Waals surface area contributed by atoms with Crippen molar-refractivity contribution in [1.29, 1.82) is 0 Å². The van der Waals surface area contributed by atoms with E-state index in [1.54, 1.807) is 24.3 Å². The predicted molar refractivity (Wildman–Crippen MR) is 159 cm³/mol. The van der Waals surface area contributed by atoms with E-state index in [-0.39, 0.29) is 11.4 Å². The smallest absolute Gasteiger partial charge is 0.269 e. The average molecular weight is 533 g/mol. The first-order valence-electron chi connectivity index (χ1n) is 12.3. The Kier molecular flexibility index (Phi) is 7.50. The zero-order chi connectivity index (χ0) is 27.9. The molecular formula is C30H24N6O4. The van der Waals surface area contributed by atoms with Crippen LogP contribution >= 0.6 is 0 Å². The number of benzene rings is 5. The highest BCUT2D eigenvalue weighted by Crippen LogP contribution is 2.26. The third-order valence-corrected chi connectivity index (χ3v) is 5.97. The van der Waals surface area contributed by atoms with Gasteiger partial charge in [0, 0.05) is 69.8 Å². The number of anilines is 8. The summed E-state index contributed by atoms with van der Waals surface area (Å²) in [6.45, 7) is 0. The van der Waals surface area contributed by atoms with Crippen molar-refractivity contribution in [2.75, 3.05) is 21.3 Å². The topological polar surface area (TPSA) is 134 Å². The number of nitro benzene ring substituents is 2. The molecule has 0 aliphatic rings. The fourth-order valence-corrected chi connectivity index (χ4v) is 3.91. The van der Waals surface area contributed by atoms with Crippen LogP contribution in [0.2, 0.25) is 0 Å². The van der Waals surface area contributed by atoms with Gasteiger partial charge in [-0.2, -0.15) is 0 Å². The lowest BCUT2D eigenvalue weighted by Crippen LogP contribution is -1.95. The first-order valence-corrected chi connectivity index (χ1v) is 12.3. The molecule has 0 aromatic heterocycles. The molecule has 0 fully saturated rings. The lowest BCUT2D eigenvalue weighted by molar-refractivity contribution is -0.385. The van der Waals surface area contributed by atoms with E-state index in [1.807, 2.05) is 72.8 Å². The van der Waals surface area contributed by atoms with Gasteiger partial charge in [-0.25, -0.2) is 0 Å². The van der Waals surface area contributed by atoms with Gasteiger partial charge in [0.25, 0.3) is 11.4 Å². The first-order chi connectivity index (χ1) is 19.4. The van der Waals surface area contributed by atoms with Gasteiger partial charge in [0.05, 0.1) is 9.85 Å². The second-order valence-electron chi connectivity index (χ2n) is 8.84. The van der Waals surface area contributed by atoms with Gasteiger partial charge in [0.15, 0.2) is 0 Å². The van der Waals surface area contributed by atoms with Gasteiger partial charge in [0.2, 0.25) is 0 Å². The van der Waals surface area contributed by atoms with Gasteiger partial charge < -0.3 is 21.3 Å². The van der Waals surface area contributed by atoms with Crippen LogP contribution in [0.15, 0.2) is 121 Å². The van der Waals surface area contributed by atoms with Gasteiger partial charge >= 0.3 is 0 Å². The Balaban J connectivity index is 1.13.